The zero-order chi connectivity index (χ0) is 23.7. The average Bonchev–Trinajstić information content (AvgIpc) is 3.10. The van der Waals surface area contributed by atoms with Gasteiger partial charge in [-0.3, -0.25) is 9.36 Å². The van der Waals surface area contributed by atoms with Crippen LogP contribution in [0.25, 0.3) is 17.5 Å². The van der Waals surface area contributed by atoms with Crippen molar-refractivity contribution in [1.29, 1.82) is 5.26 Å². The zero-order valence-corrected chi connectivity index (χ0v) is 21.3. The van der Waals surface area contributed by atoms with Crippen molar-refractivity contribution in [2.24, 2.45) is 5.73 Å². The van der Waals surface area contributed by atoms with E-state index in [9.17, 15) is 14.9 Å². The number of nitrogens with two attached hydrogens (primary N) is 1. The molecule has 0 saturated carbocycles. The Balaban J connectivity index is 2.08. The number of benzene rings is 2. The number of nitriles is 1. The lowest BCUT2D eigenvalue weighted by molar-refractivity contribution is -0.138. The molecule has 33 heavy (non-hydrogen) atoms. The molecule has 2 aromatic carbocycles. The van der Waals surface area contributed by atoms with Gasteiger partial charge in [-0.1, -0.05) is 56.1 Å². The maximum atomic E-state index is 13.3. The van der Waals surface area contributed by atoms with Gasteiger partial charge >= 0.3 is 5.97 Å². The molecule has 2 N–H and O–H groups in total. The van der Waals surface area contributed by atoms with Gasteiger partial charge in [-0.25, -0.2) is 4.79 Å². The van der Waals surface area contributed by atoms with E-state index in [1.54, 1.807) is 13.0 Å². The van der Waals surface area contributed by atoms with Crippen molar-refractivity contribution in [1.82, 2.24) is 4.57 Å². The number of rotatable bonds is 4. The van der Waals surface area contributed by atoms with Crippen LogP contribution in [-0.4, -0.2) is 17.1 Å². The molecule has 1 aliphatic heterocycles. The van der Waals surface area contributed by atoms with E-state index in [0.29, 0.717) is 14.8 Å². The highest BCUT2D eigenvalue weighted by molar-refractivity contribution is 9.10. The fourth-order valence-corrected chi connectivity index (χ4v) is 5.69. The minimum Gasteiger partial charge on any atom is -0.463 e. The molecule has 0 saturated heterocycles. The van der Waals surface area contributed by atoms with E-state index in [0.717, 1.165) is 14.5 Å². The number of ether oxygens (including phenoxy) is 1. The van der Waals surface area contributed by atoms with Crippen LogP contribution >= 0.6 is 43.2 Å². The third-order valence-electron chi connectivity index (χ3n) is 5.09. The van der Waals surface area contributed by atoms with Crippen molar-refractivity contribution in [3.8, 4) is 6.07 Å². The topological polar surface area (TPSA) is 98.1 Å². The summed E-state index contributed by atoms with van der Waals surface area (Å²) in [6.45, 7) is 1.82. The number of carbonyl (C=O) groups is 1. The molecule has 1 atom stereocenters. The van der Waals surface area contributed by atoms with Gasteiger partial charge in [0, 0.05) is 8.95 Å². The largest absolute Gasteiger partial charge is 0.463 e. The fourth-order valence-electron chi connectivity index (χ4n) is 3.73. The lowest BCUT2D eigenvalue weighted by Gasteiger charge is -2.25. The number of thiazole rings is 1. The molecule has 6 nitrogen and oxygen atoms in total. The Morgan fingerprint density at radius 1 is 1.24 bits per heavy atom. The average molecular weight is 587 g/mol. The molecule has 4 rings (SSSR count). The quantitative estimate of drug-likeness (QED) is 0.472. The molecule has 0 radical (unpaired) electrons. The minimum absolute atomic E-state index is 0.0254. The number of esters is 1. The predicted octanol–water partition coefficient (Wildman–Crippen LogP) is 3.43. The van der Waals surface area contributed by atoms with E-state index in [1.165, 1.54) is 15.9 Å². The van der Waals surface area contributed by atoms with Gasteiger partial charge in [-0.05, 0) is 48.4 Å². The van der Waals surface area contributed by atoms with Gasteiger partial charge in [0.1, 0.15) is 10.5 Å². The number of fused-ring (bicyclic) bond motifs is 1. The minimum atomic E-state index is -0.761. The summed E-state index contributed by atoms with van der Waals surface area (Å²) in [6, 6.07) is 17.0. The highest BCUT2D eigenvalue weighted by Gasteiger charge is 2.36. The first-order valence-corrected chi connectivity index (χ1v) is 12.3. The van der Waals surface area contributed by atoms with Gasteiger partial charge in [0.25, 0.3) is 5.56 Å². The van der Waals surface area contributed by atoms with Crippen molar-refractivity contribution in [3.63, 3.8) is 0 Å². The van der Waals surface area contributed by atoms with Crippen LogP contribution in [0.4, 0.5) is 0 Å². The molecule has 0 fully saturated rings. The van der Waals surface area contributed by atoms with E-state index < -0.39 is 17.4 Å². The van der Waals surface area contributed by atoms with Crippen LogP contribution in [0.2, 0.25) is 0 Å². The van der Waals surface area contributed by atoms with Crippen molar-refractivity contribution in [2.75, 3.05) is 6.61 Å². The van der Waals surface area contributed by atoms with Gasteiger partial charge in [-0.15, -0.1) is 11.3 Å². The number of halogens is 2. The normalized spacial score (nSPS) is 15.9. The highest BCUT2D eigenvalue weighted by Crippen LogP contribution is 2.37. The van der Waals surface area contributed by atoms with Gasteiger partial charge in [-0.2, -0.15) is 5.26 Å². The Labute approximate surface area is 210 Å². The third-order valence-corrected chi connectivity index (χ3v) is 7.19. The van der Waals surface area contributed by atoms with Crippen LogP contribution in [0.5, 0.6) is 0 Å². The molecule has 0 aliphatic carbocycles. The molecule has 1 aromatic heterocycles. The maximum absolute atomic E-state index is 13.3. The second-order valence-corrected chi connectivity index (χ2v) is 10.0. The van der Waals surface area contributed by atoms with Crippen molar-refractivity contribution in [3.05, 3.63) is 93.7 Å². The molecule has 9 heteroatoms. The predicted molar refractivity (Wildman–Crippen MR) is 135 cm³/mol. The van der Waals surface area contributed by atoms with Crippen LogP contribution in [0.1, 0.15) is 24.0 Å². The summed E-state index contributed by atoms with van der Waals surface area (Å²) in [6.07, 6.45) is 1.74. The first-order valence-electron chi connectivity index (χ1n) is 9.91. The van der Waals surface area contributed by atoms with E-state index >= 15 is 0 Å². The van der Waals surface area contributed by atoms with Crippen LogP contribution < -0.4 is 20.5 Å². The third kappa shape index (κ3) is 4.34. The summed E-state index contributed by atoms with van der Waals surface area (Å²) >= 11 is 8.05. The van der Waals surface area contributed by atoms with Crippen molar-refractivity contribution >= 4 is 66.6 Å². The van der Waals surface area contributed by atoms with E-state index in [4.69, 9.17) is 10.5 Å². The summed E-state index contributed by atoms with van der Waals surface area (Å²) in [4.78, 5) is 26.3. The monoisotopic (exact) mass is 585 g/mol. The Bertz CT molecular complexity index is 1530. The Morgan fingerprint density at radius 2 is 1.94 bits per heavy atom. The lowest BCUT2D eigenvalue weighted by atomic mass is 9.84. The molecule has 0 bridgehead atoms. The van der Waals surface area contributed by atoms with Crippen LogP contribution in [0.3, 0.4) is 0 Å². The molecule has 0 amide bonds. The molecular formula is C24H17Br2N3O3S. The summed E-state index contributed by atoms with van der Waals surface area (Å²) < 4.78 is 8.97. The van der Waals surface area contributed by atoms with Crippen LogP contribution in [0.15, 0.2) is 67.8 Å². The first-order chi connectivity index (χ1) is 15.8. The van der Waals surface area contributed by atoms with Crippen molar-refractivity contribution in [2.45, 2.75) is 12.8 Å². The Kier molecular flexibility index (Phi) is 6.70. The number of hydrogen-bond donors (Lipinski definition) is 1. The zero-order valence-electron chi connectivity index (χ0n) is 17.3. The summed E-state index contributed by atoms with van der Waals surface area (Å²) in [7, 11) is 0. The lowest BCUT2D eigenvalue weighted by Crippen LogP contribution is -2.40. The number of hydrogen-bond acceptors (Lipinski definition) is 6. The molecule has 2 heterocycles. The van der Waals surface area contributed by atoms with Crippen molar-refractivity contribution < 1.29 is 9.53 Å². The smallest absolute Gasteiger partial charge is 0.338 e. The number of nitrogens with zero attached hydrogens (tertiary/aromatic N) is 2. The van der Waals surface area contributed by atoms with Gasteiger partial charge in [0.15, 0.2) is 0 Å². The molecule has 166 valence electrons. The standard InChI is InChI=1S/C24H17Br2N3O3S/c1-2-32-24(31)20-19(14-6-4-8-16(26)11-14)17(12-27)23-29(21(20)28)22(30)18(33-23)10-13-5-3-7-15(25)9-13/h3-11,19H,2,28H2,1H3/b18-10-. The molecule has 0 spiro atoms. The molecule has 3 aromatic rings. The molecule has 1 unspecified atom stereocenters. The summed E-state index contributed by atoms with van der Waals surface area (Å²) in [5.74, 6) is -1.44. The van der Waals surface area contributed by atoms with Crippen LogP contribution in [0, 0.1) is 11.3 Å². The SMILES string of the molecule is CCOC(=O)C1=C(N)n2c(s/c(=C\c3cccc(Br)c3)c2=O)=C(C#N)C1c1cccc(Br)c1. The van der Waals surface area contributed by atoms with Gasteiger partial charge < -0.3 is 10.5 Å². The summed E-state index contributed by atoms with van der Waals surface area (Å²) in [5, 5.41) is 10.1. The number of carbonyl (C=O) groups excluding carboxylic acids is 1. The van der Waals surface area contributed by atoms with E-state index in [-0.39, 0.29) is 23.6 Å². The van der Waals surface area contributed by atoms with Gasteiger partial charge in [0.05, 0.1) is 34.3 Å². The highest BCUT2D eigenvalue weighted by atomic mass is 79.9. The Hall–Kier alpha value is -2.93. The fraction of sp³-hybridized carbons (Fsp3) is 0.125. The first kappa shape index (κ1) is 23.2. The molecule has 1 aliphatic rings. The van der Waals surface area contributed by atoms with Gasteiger partial charge in [0.2, 0.25) is 0 Å². The summed E-state index contributed by atoms with van der Waals surface area (Å²) in [5.41, 5.74) is 7.88. The van der Waals surface area contributed by atoms with E-state index in [2.05, 4.69) is 37.9 Å². The molecular weight excluding hydrogens is 570 g/mol. The second-order valence-electron chi connectivity index (χ2n) is 7.14. The Morgan fingerprint density at radius 3 is 2.58 bits per heavy atom. The van der Waals surface area contributed by atoms with E-state index in [1.807, 2.05) is 48.5 Å². The van der Waals surface area contributed by atoms with Crippen LogP contribution in [-0.2, 0) is 9.53 Å². The maximum Gasteiger partial charge on any atom is 0.338 e. The number of aromatic nitrogens is 1. The second kappa shape index (κ2) is 9.51.